The first-order chi connectivity index (χ1) is 13.4. The topological polar surface area (TPSA) is 81.5 Å². The van der Waals surface area contributed by atoms with Gasteiger partial charge in [0, 0.05) is 12.6 Å². The third-order valence-electron chi connectivity index (χ3n) is 4.87. The van der Waals surface area contributed by atoms with Crippen LogP contribution in [0.1, 0.15) is 43.6 Å². The second kappa shape index (κ2) is 8.77. The van der Waals surface area contributed by atoms with Crippen molar-refractivity contribution in [2.75, 3.05) is 24.7 Å². The molecule has 0 aliphatic carbocycles. The fourth-order valence-electron chi connectivity index (χ4n) is 3.42. The van der Waals surface area contributed by atoms with Gasteiger partial charge in [-0.1, -0.05) is 31.5 Å². The highest BCUT2D eigenvalue weighted by atomic mass is 32.2. The second-order valence-electron chi connectivity index (χ2n) is 6.96. The fourth-order valence-corrected chi connectivity index (χ4v) is 5.15. The van der Waals surface area contributed by atoms with Crippen LogP contribution < -0.4 is 4.74 Å². The van der Waals surface area contributed by atoms with Crippen LogP contribution in [0.5, 0.6) is 5.75 Å². The minimum Gasteiger partial charge on any atom is -0.490 e. The molecule has 1 unspecified atom stereocenters. The van der Waals surface area contributed by atoms with Gasteiger partial charge in [-0.05, 0) is 31.9 Å². The molecule has 0 saturated carbocycles. The molecule has 3 rings (SSSR count). The molecule has 1 aliphatic rings. The molecule has 1 saturated heterocycles. The maximum atomic E-state index is 13.4. The quantitative estimate of drug-likeness (QED) is 0.674. The summed E-state index contributed by atoms with van der Waals surface area (Å²) in [5.41, 5.74) is 1.05. The number of hydrogen-bond acceptors (Lipinski definition) is 5. The number of hydrogen-bond donors (Lipinski definition) is 0. The van der Waals surface area contributed by atoms with Gasteiger partial charge in [-0.15, -0.1) is 0 Å². The van der Waals surface area contributed by atoms with Gasteiger partial charge in [0.15, 0.2) is 21.3 Å². The summed E-state index contributed by atoms with van der Waals surface area (Å²) in [5, 5.41) is 4.49. The first kappa shape index (κ1) is 20.4. The number of nitrogens with zero attached hydrogens (tertiary/aromatic N) is 3. The monoisotopic (exact) mass is 405 g/mol. The van der Waals surface area contributed by atoms with Crippen LogP contribution in [0.3, 0.4) is 0 Å². The summed E-state index contributed by atoms with van der Waals surface area (Å²) in [6.45, 7) is 4.82. The van der Waals surface area contributed by atoms with E-state index >= 15 is 0 Å². The van der Waals surface area contributed by atoms with Gasteiger partial charge in [0.25, 0.3) is 5.91 Å². The molecule has 2 aromatic rings. The van der Waals surface area contributed by atoms with E-state index in [1.807, 2.05) is 44.2 Å². The Bertz CT molecular complexity index is 909. The predicted molar refractivity (Wildman–Crippen MR) is 108 cm³/mol. The number of rotatable bonds is 8. The van der Waals surface area contributed by atoms with Crippen LogP contribution in [0, 0.1) is 0 Å². The lowest BCUT2D eigenvalue weighted by molar-refractivity contribution is 0.0683. The molecule has 0 radical (unpaired) electrons. The Kier molecular flexibility index (Phi) is 6.39. The van der Waals surface area contributed by atoms with Crippen LogP contribution in [0.2, 0.25) is 0 Å². The van der Waals surface area contributed by atoms with Crippen molar-refractivity contribution in [3.8, 4) is 11.4 Å². The lowest BCUT2D eigenvalue weighted by Gasteiger charge is -2.27. The second-order valence-corrected chi connectivity index (χ2v) is 9.19. The molecule has 152 valence electrons. The lowest BCUT2D eigenvalue weighted by atomic mass is 10.1. The highest BCUT2D eigenvalue weighted by molar-refractivity contribution is 7.91. The van der Waals surface area contributed by atoms with Gasteiger partial charge in [-0.3, -0.25) is 4.79 Å². The van der Waals surface area contributed by atoms with Crippen molar-refractivity contribution in [1.82, 2.24) is 14.7 Å². The van der Waals surface area contributed by atoms with Crippen molar-refractivity contribution in [2.24, 2.45) is 0 Å². The van der Waals surface area contributed by atoms with Gasteiger partial charge in [0.05, 0.1) is 30.0 Å². The van der Waals surface area contributed by atoms with Crippen molar-refractivity contribution < 1.29 is 17.9 Å². The predicted octanol–water partition coefficient (Wildman–Crippen LogP) is 2.70. The summed E-state index contributed by atoms with van der Waals surface area (Å²) < 4.78 is 31.2. The Labute approximate surface area is 166 Å². The minimum atomic E-state index is -3.09. The Morgan fingerprint density at radius 3 is 2.64 bits per heavy atom. The van der Waals surface area contributed by atoms with Crippen LogP contribution in [0.4, 0.5) is 0 Å². The maximum absolute atomic E-state index is 13.4. The van der Waals surface area contributed by atoms with E-state index in [-0.39, 0.29) is 29.1 Å². The first-order valence-electron chi connectivity index (χ1n) is 9.74. The average Bonchev–Trinajstić information content (AvgIpc) is 3.26. The van der Waals surface area contributed by atoms with Crippen LogP contribution in [0.25, 0.3) is 5.69 Å². The van der Waals surface area contributed by atoms with E-state index in [9.17, 15) is 13.2 Å². The first-order valence-corrected chi connectivity index (χ1v) is 11.6. The zero-order valence-corrected chi connectivity index (χ0v) is 17.2. The molecule has 1 aromatic heterocycles. The van der Waals surface area contributed by atoms with Gasteiger partial charge in [0.2, 0.25) is 0 Å². The highest BCUT2D eigenvalue weighted by Crippen LogP contribution is 2.25. The van der Waals surface area contributed by atoms with Crippen molar-refractivity contribution in [3.05, 3.63) is 42.2 Å². The summed E-state index contributed by atoms with van der Waals surface area (Å²) in [6, 6.07) is 9.20. The average molecular weight is 406 g/mol. The Morgan fingerprint density at radius 1 is 1.29 bits per heavy atom. The Balaban J connectivity index is 1.94. The Hall–Kier alpha value is -2.35. The van der Waals surface area contributed by atoms with E-state index in [0.717, 1.165) is 18.5 Å². The van der Waals surface area contributed by atoms with E-state index in [2.05, 4.69) is 5.10 Å². The van der Waals surface area contributed by atoms with Crippen LogP contribution in [-0.4, -0.2) is 59.7 Å². The number of benzene rings is 1. The summed E-state index contributed by atoms with van der Waals surface area (Å²) in [5.74, 6) is 0.295. The molecule has 0 spiro atoms. The molecule has 1 atom stereocenters. The van der Waals surface area contributed by atoms with Crippen LogP contribution >= 0.6 is 0 Å². The number of sulfone groups is 1. The number of carbonyl (C=O) groups excluding carboxylic acids is 1. The van der Waals surface area contributed by atoms with Gasteiger partial charge in [-0.25, -0.2) is 13.1 Å². The third-order valence-corrected chi connectivity index (χ3v) is 6.62. The number of aromatic nitrogens is 2. The summed E-state index contributed by atoms with van der Waals surface area (Å²) >= 11 is 0. The van der Waals surface area contributed by atoms with Gasteiger partial charge in [-0.2, -0.15) is 5.10 Å². The number of para-hydroxylation sites is 1. The zero-order chi connectivity index (χ0) is 20.1. The zero-order valence-electron chi connectivity index (χ0n) is 16.4. The van der Waals surface area contributed by atoms with Crippen molar-refractivity contribution in [3.63, 3.8) is 0 Å². The van der Waals surface area contributed by atoms with Gasteiger partial charge in [0.1, 0.15) is 0 Å². The molecule has 1 amide bonds. The highest BCUT2D eigenvalue weighted by Gasteiger charge is 2.36. The molecule has 1 aromatic carbocycles. The van der Waals surface area contributed by atoms with Gasteiger partial charge < -0.3 is 9.64 Å². The molecule has 8 heteroatoms. The SMILES string of the molecule is CCCCN(C(=O)c1nn(-c2ccccc2)cc1OCC)C1CCS(=O)(=O)C1. The van der Waals surface area contributed by atoms with E-state index in [1.54, 1.807) is 15.8 Å². The summed E-state index contributed by atoms with van der Waals surface area (Å²) in [7, 11) is -3.09. The maximum Gasteiger partial charge on any atom is 0.278 e. The Morgan fingerprint density at radius 2 is 2.04 bits per heavy atom. The third kappa shape index (κ3) is 4.55. The molecule has 2 heterocycles. The molecular weight excluding hydrogens is 378 g/mol. The molecule has 1 fully saturated rings. The van der Waals surface area contributed by atoms with E-state index in [4.69, 9.17) is 4.74 Å². The van der Waals surface area contributed by atoms with Crippen LogP contribution in [0.15, 0.2) is 36.5 Å². The van der Waals surface area contributed by atoms with Crippen LogP contribution in [-0.2, 0) is 9.84 Å². The van der Waals surface area contributed by atoms with E-state index in [1.165, 1.54) is 0 Å². The smallest absolute Gasteiger partial charge is 0.278 e. The number of unbranched alkanes of at least 4 members (excludes halogenated alkanes) is 1. The molecular formula is C20H27N3O4S. The molecule has 0 N–H and O–H groups in total. The normalized spacial score (nSPS) is 18.1. The lowest BCUT2D eigenvalue weighted by Crippen LogP contribution is -2.42. The largest absolute Gasteiger partial charge is 0.490 e. The van der Waals surface area contributed by atoms with E-state index in [0.29, 0.717) is 25.3 Å². The molecule has 0 bridgehead atoms. The van der Waals surface area contributed by atoms with Gasteiger partial charge >= 0.3 is 0 Å². The van der Waals surface area contributed by atoms with E-state index < -0.39 is 9.84 Å². The van der Waals surface area contributed by atoms with Crippen molar-refractivity contribution in [1.29, 1.82) is 0 Å². The fraction of sp³-hybridized carbons (Fsp3) is 0.500. The van der Waals surface area contributed by atoms with Crippen molar-refractivity contribution in [2.45, 2.75) is 39.2 Å². The summed E-state index contributed by atoms with van der Waals surface area (Å²) in [4.78, 5) is 15.0. The molecule has 1 aliphatic heterocycles. The number of carbonyl (C=O) groups is 1. The minimum absolute atomic E-state index is 0.0197. The summed E-state index contributed by atoms with van der Waals surface area (Å²) in [6.07, 6.45) is 3.91. The molecule has 28 heavy (non-hydrogen) atoms. The number of ether oxygens (including phenoxy) is 1. The number of amides is 1. The van der Waals surface area contributed by atoms with Crippen molar-refractivity contribution >= 4 is 15.7 Å². The molecule has 7 nitrogen and oxygen atoms in total. The standard InChI is InChI=1S/C20H27N3O4S/c1-3-5-12-22(17-11-13-28(25,26)15-17)20(24)19-18(27-4-2)14-23(21-19)16-9-7-6-8-10-16/h6-10,14,17H,3-5,11-13,15H2,1-2H3.